The minimum absolute atomic E-state index is 0.105. The molecule has 1 atom stereocenters. The zero-order valence-electron chi connectivity index (χ0n) is 16.8. The number of hydrogen-bond acceptors (Lipinski definition) is 4. The minimum Gasteiger partial charge on any atom is -0.394 e. The summed E-state index contributed by atoms with van der Waals surface area (Å²) in [6.07, 6.45) is 6.13. The van der Waals surface area contributed by atoms with Gasteiger partial charge in [0.05, 0.1) is 18.0 Å². The summed E-state index contributed by atoms with van der Waals surface area (Å²) in [7, 11) is 0. The first kappa shape index (κ1) is 19.3. The smallest absolute Gasteiger partial charge is 0.251 e. The molecule has 6 heteroatoms. The van der Waals surface area contributed by atoms with Gasteiger partial charge in [0, 0.05) is 41.7 Å². The number of nitrogens with one attached hydrogen (secondary N) is 1. The average molecular weight is 390 g/mol. The topological polar surface area (TPSA) is 80.0 Å². The molecule has 1 aliphatic carbocycles. The van der Waals surface area contributed by atoms with E-state index in [1.165, 1.54) is 12.8 Å². The van der Waals surface area contributed by atoms with Gasteiger partial charge in [0.2, 0.25) is 0 Å². The second-order valence-electron chi connectivity index (χ2n) is 7.92. The third-order valence-corrected chi connectivity index (χ3v) is 5.19. The van der Waals surface area contributed by atoms with Gasteiger partial charge in [-0.15, -0.1) is 0 Å². The van der Waals surface area contributed by atoms with E-state index < -0.39 is 0 Å². The minimum atomic E-state index is -0.312. The number of nitrogens with zero attached hydrogens (tertiary/aromatic N) is 3. The summed E-state index contributed by atoms with van der Waals surface area (Å²) < 4.78 is 2.03. The molecule has 1 saturated carbocycles. The molecule has 0 spiro atoms. The molecule has 2 heterocycles. The zero-order chi connectivity index (χ0) is 20.4. The van der Waals surface area contributed by atoms with Crippen LogP contribution >= 0.6 is 0 Å². The van der Waals surface area contributed by atoms with Gasteiger partial charge in [-0.2, -0.15) is 5.10 Å². The summed E-state index contributed by atoms with van der Waals surface area (Å²) in [5, 5.41) is 16.6. The van der Waals surface area contributed by atoms with Crippen molar-refractivity contribution < 1.29 is 9.90 Å². The van der Waals surface area contributed by atoms with Crippen molar-refractivity contribution in [1.29, 1.82) is 0 Å². The number of pyridine rings is 1. The Hall–Kier alpha value is -2.99. The van der Waals surface area contributed by atoms with E-state index in [-0.39, 0.29) is 18.6 Å². The molecular weight excluding hydrogens is 364 g/mol. The first-order valence-electron chi connectivity index (χ1n) is 10.1. The Labute approximate surface area is 170 Å². The molecule has 0 aliphatic heterocycles. The van der Waals surface area contributed by atoms with E-state index >= 15 is 0 Å². The van der Waals surface area contributed by atoms with Crippen LogP contribution in [0.25, 0.3) is 22.5 Å². The normalized spacial score (nSPS) is 14.6. The first-order valence-corrected chi connectivity index (χ1v) is 10.1. The van der Waals surface area contributed by atoms with Gasteiger partial charge in [-0.05, 0) is 68.5 Å². The fraction of sp³-hybridized carbons (Fsp3) is 0.348. The number of carbonyl (C=O) groups excluding carboxylic acids is 1. The van der Waals surface area contributed by atoms with Gasteiger partial charge in [0.25, 0.3) is 5.91 Å². The maximum atomic E-state index is 12.8. The van der Waals surface area contributed by atoms with Gasteiger partial charge in [-0.25, -0.2) is 0 Å². The molecule has 1 aromatic carbocycles. The summed E-state index contributed by atoms with van der Waals surface area (Å²) >= 11 is 0. The molecule has 1 aliphatic rings. The average Bonchev–Trinajstić information content (AvgIpc) is 3.42. The lowest BCUT2D eigenvalue weighted by molar-refractivity contribution is 0.0922. The number of aryl methyl sites for hydroxylation is 1. The fourth-order valence-electron chi connectivity index (χ4n) is 3.31. The summed E-state index contributed by atoms with van der Waals surface area (Å²) in [5.74, 6) is 0.485. The largest absolute Gasteiger partial charge is 0.394 e. The standard InChI is InChI=1S/C23H26N4O2/c1-15-3-6-21(24-12-15)18-9-19(11-20(10-18)23(29)26-16(2)14-28)22-7-8-25-27(22)13-17-4-5-17/h3,6-12,16-17,28H,4-5,13-14H2,1-2H3,(H,26,29). The van der Waals surface area contributed by atoms with Crippen molar-refractivity contribution in [2.24, 2.45) is 5.92 Å². The second kappa shape index (κ2) is 8.17. The van der Waals surface area contributed by atoms with Crippen molar-refractivity contribution in [2.75, 3.05) is 6.61 Å². The SMILES string of the molecule is Cc1ccc(-c2cc(C(=O)NC(C)CO)cc(-c3ccnn3CC3CC3)c2)nc1. The third-order valence-electron chi connectivity index (χ3n) is 5.19. The van der Waals surface area contributed by atoms with Gasteiger partial charge in [-0.3, -0.25) is 14.5 Å². The number of hydrogen-bond donors (Lipinski definition) is 2. The molecule has 2 aromatic heterocycles. The van der Waals surface area contributed by atoms with Crippen LogP contribution in [0.15, 0.2) is 48.8 Å². The monoisotopic (exact) mass is 390 g/mol. The zero-order valence-corrected chi connectivity index (χ0v) is 16.8. The maximum absolute atomic E-state index is 12.8. The summed E-state index contributed by atoms with van der Waals surface area (Å²) in [6.45, 7) is 4.57. The van der Waals surface area contributed by atoms with Crippen LogP contribution in [0.2, 0.25) is 0 Å². The molecule has 1 unspecified atom stereocenters. The Balaban J connectivity index is 1.76. The fourth-order valence-corrected chi connectivity index (χ4v) is 3.31. The highest BCUT2D eigenvalue weighted by Crippen LogP contribution is 2.33. The van der Waals surface area contributed by atoms with Gasteiger partial charge in [-0.1, -0.05) is 6.07 Å². The summed E-state index contributed by atoms with van der Waals surface area (Å²) in [4.78, 5) is 17.3. The molecule has 0 radical (unpaired) electrons. The first-order chi connectivity index (χ1) is 14.0. The lowest BCUT2D eigenvalue weighted by Crippen LogP contribution is -2.35. The molecule has 29 heavy (non-hydrogen) atoms. The number of rotatable bonds is 7. The van der Waals surface area contributed by atoms with E-state index in [0.717, 1.165) is 34.6 Å². The Bertz CT molecular complexity index is 1010. The van der Waals surface area contributed by atoms with Crippen LogP contribution < -0.4 is 5.32 Å². The van der Waals surface area contributed by atoms with Crippen LogP contribution in [0.3, 0.4) is 0 Å². The summed E-state index contributed by atoms with van der Waals surface area (Å²) in [6, 6.07) is 11.5. The van der Waals surface area contributed by atoms with E-state index in [9.17, 15) is 9.90 Å². The molecule has 2 N–H and O–H groups in total. The van der Waals surface area contributed by atoms with Gasteiger partial charge in [0.15, 0.2) is 0 Å². The Morgan fingerprint density at radius 3 is 2.72 bits per heavy atom. The van der Waals surface area contributed by atoms with Crippen molar-refractivity contribution >= 4 is 5.91 Å². The number of benzene rings is 1. The number of aromatic nitrogens is 3. The Kier molecular flexibility index (Phi) is 5.45. The van der Waals surface area contributed by atoms with Crippen LogP contribution in [0, 0.1) is 12.8 Å². The van der Waals surface area contributed by atoms with E-state index in [2.05, 4.69) is 21.5 Å². The molecular formula is C23H26N4O2. The molecule has 1 fully saturated rings. The third kappa shape index (κ3) is 4.54. The predicted molar refractivity (Wildman–Crippen MR) is 112 cm³/mol. The molecule has 1 amide bonds. The molecule has 150 valence electrons. The number of aliphatic hydroxyl groups excluding tert-OH is 1. The van der Waals surface area contributed by atoms with E-state index in [4.69, 9.17) is 0 Å². The van der Waals surface area contributed by atoms with Gasteiger partial charge >= 0.3 is 0 Å². The second-order valence-corrected chi connectivity index (χ2v) is 7.92. The van der Waals surface area contributed by atoms with Crippen LogP contribution in [0.5, 0.6) is 0 Å². The van der Waals surface area contributed by atoms with Crippen molar-refractivity contribution in [3.05, 3.63) is 59.9 Å². The Morgan fingerprint density at radius 2 is 2.03 bits per heavy atom. The van der Waals surface area contributed by atoms with Crippen molar-refractivity contribution in [3.63, 3.8) is 0 Å². The van der Waals surface area contributed by atoms with E-state index in [1.807, 2.05) is 54.3 Å². The van der Waals surface area contributed by atoms with E-state index in [0.29, 0.717) is 11.5 Å². The highest BCUT2D eigenvalue weighted by Gasteiger charge is 2.23. The van der Waals surface area contributed by atoms with E-state index in [1.54, 1.807) is 6.92 Å². The van der Waals surface area contributed by atoms with Crippen LogP contribution in [0.1, 0.15) is 35.7 Å². The van der Waals surface area contributed by atoms with Gasteiger partial charge < -0.3 is 10.4 Å². The molecule has 0 bridgehead atoms. The van der Waals surface area contributed by atoms with Gasteiger partial charge in [0.1, 0.15) is 0 Å². The van der Waals surface area contributed by atoms with Crippen molar-refractivity contribution in [2.45, 2.75) is 39.3 Å². The lowest BCUT2D eigenvalue weighted by atomic mass is 10.00. The molecule has 3 aromatic rings. The maximum Gasteiger partial charge on any atom is 0.251 e. The molecule has 0 saturated heterocycles. The molecule has 6 nitrogen and oxygen atoms in total. The van der Waals surface area contributed by atoms with Crippen molar-refractivity contribution in [1.82, 2.24) is 20.1 Å². The van der Waals surface area contributed by atoms with Crippen LogP contribution in [0.4, 0.5) is 0 Å². The Morgan fingerprint density at radius 1 is 1.24 bits per heavy atom. The predicted octanol–water partition coefficient (Wildman–Crippen LogP) is 3.44. The van der Waals surface area contributed by atoms with Crippen LogP contribution in [-0.2, 0) is 6.54 Å². The quantitative estimate of drug-likeness (QED) is 0.648. The number of amides is 1. The highest BCUT2D eigenvalue weighted by atomic mass is 16.3. The highest BCUT2D eigenvalue weighted by molar-refractivity contribution is 5.97. The number of aliphatic hydroxyl groups is 1. The van der Waals surface area contributed by atoms with Crippen molar-refractivity contribution in [3.8, 4) is 22.5 Å². The summed E-state index contributed by atoms with van der Waals surface area (Å²) in [5.41, 5.74) is 5.25. The number of carbonyl (C=O) groups is 1. The molecule has 4 rings (SSSR count). The van der Waals surface area contributed by atoms with Crippen LogP contribution in [-0.4, -0.2) is 38.4 Å². The lowest BCUT2D eigenvalue weighted by Gasteiger charge is -2.14.